The fourth-order valence-electron chi connectivity index (χ4n) is 4.15. The number of amides is 2. The summed E-state index contributed by atoms with van der Waals surface area (Å²) in [6.45, 7) is 5.68. The van der Waals surface area contributed by atoms with Crippen LogP contribution in [0, 0.1) is 0 Å². The smallest absolute Gasteiger partial charge is 0.338 e. The Morgan fingerprint density at radius 1 is 1.13 bits per heavy atom. The van der Waals surface area contributed by atoms with Crippen LogP contribution in [0.1, 0.15) is 65.3 Å². The third-order valence-corrected chi connectivity index (χ3v) is 8.30. The first kappa shape index (κ1) is 30.4. The van der Waals surface area contributed by atoms with Gasteiger partial charge in [0.25, 0.3) is 0 Å². The molecule has 0 radical (unpaired) electrons. The Morgan fingerprint density at radius 2 is 1.79 bits per heavy atom. The molecule has 1 fully saturated rings. The number of nitrogens with one attached hydrogen (secondary N) is 1. The van der Waals surface area contributed by atoms with E-state index in [0.717, 1.165) is 12.0 Å². The maximum Gasteiger partial charge on any atom is 0.338 e. The summed E-state index contributed by atoms with van der Waals surface area (Å²) >= 11 is 4.44. The molecule has 8 nitrogen and oxygen atoms in total. The van der Waals surface area contributed by atoms with Crippen molar-refractivity contribution < 1.29 is 28.5 Å². The number of unbranched alkanes of at least 4 members (excludes halogenated alkanes) is 2. The van der Waals surface area contributed by atoms with Gasteiger partial charge >= 0.3 is 5.97 Å². The first-order chi connectivity index (χ1) is 18.7. The number of rotatable bonds is 15. The lowest BCUT2D eigenvalue weighted by Crippen LogP contribution is -2.63. The number of carbonyl (C=O) groups excluding carboxylic acids is 4. The number of halogens is 1. The third kappa shape index (κ3) is 8.68. The number of benzene rings is 2. The summed E-state index contributed by atoms with van der Waals surface area (Å²) in [5.74, 6) is -0.729. The molecule has 2 aromatic carbocycles. The molecule has 3 atom stereocenters. The number of nitrogens with zero attached hydrogens (tertiary/aromatic N) is 1. The molecule has 39 heavy (non-hydrogen) atoms. The molecular weight excluding hydrogens is 540 g/mol. The predicted molar refractivity (Wildman–Crippen MR) is 151 cm³/mol. The number of Topliss-reactive ketones (excluding diaryl/α,β-unsaturated/α-hetero) is 1. The summed E-state index contributed by atoms with van der Waals surface area (Å²) in [5.41, 5.74) is 1.76. The standard InChI is InChI=1S/C29H33ClN2O6S/c1-3-17-38-29(36)23-10-8-21(9-11-23)19-39(37)27-18-26(34)32(27)20(2)28(35)31-16-6-4-5-7-25(33)22-12-14-24(30)15-13-22/h3,8-15,20,27H,1,4-7,16-19H2,2H3,(H,31,35). The molecule has 3 unspecified atom stereocenters. The molecule has 208 valence electrons. The average Bonchev–Trinajstić information content (AvgIpc) is 2.92. The van der Waals surface area contributed by atoms with Gasteiger partial charge in [-0.3, -0.25) is 19.3 Å². The molecule has 1 aliphatic rings. The van der Waals surface area contributed by atoms with Gasteiger partial charge < -0.3 is 14.6 Å². The van der Waals surface area contributed by atoms with Gasteiger partial charge in [0.1, 0.15) is 18.4 Å². The van der Waals surface area contributed by atoms with Crippen molar-refractivity contribution in [3.05, 3.63) is 82.9 Å². The van der Waals surface area contributed by atoms with E-state index in [9.17, 15) is 23.7 Å². The lowest BCUT2D eigenvalue weighted by molar-refractivity contribution is -0.150. The second kappa shape index (κ2) is 14.9. The summed E-state index contributed by atoms with van der Waals surface area (Å²) in [6.07, 6.45) is 4.20. The van der Waals surface area contributed by atoms with Crippen LogP contribution in [-0.4, -0.2) is 57.6 Å². The molecule has 2 aromatic rings. The van der Waals surface area contributed by atoms with Crippen LogP contribution < -0.4 is 5.32 Å². The molecule has 0 spiro atoms. The zero-order valence-corrected chi connectivity index (χ0v) is 23.5. The largest absolute Gasteiger partial charge is 0.614 e. The van der Waals surface area contributed by atoms with E-state index in [1.54, 1.807) is 55.5 Å². The van der Waals surface area contributed by atoms with Crippen LogP contribution in [0.5, 0.6) is 0 Å². The summed E-state index contributed by atoms with van der Waals surface area (Å²) in [7, 11) is 0. The summed E-state index contributed by atoms with van der Waals surface area (Å²) in [6, 6.07) is 12.7. The van der Waals surface area contributed by atoms with Crippen molar-refractivity contribution in [3.8, 4) is 0 Å². The molecular formula is C29H33ClN2O6S. The van der Waals surface area contributed by atoms with E-state index in [0.29, 0.717) is 42.0 Å². The van der Waals surface area contributed by atoms with Gasteiger partial charge in [0.15, 0.2) is 11.2 Å². The number of likely N-dealkylation sites (tertiary alicyclic amines) is 1. The van der Waals surface area contributed by atoms with E-state index < -0.39 is 28.6 Å². The van der Waals surface area contributed by atoms with Gasteiger partial charge in [0.05, 0.1) is 12.0 Å². The van der Waals surface area contributed by atoms with Crippen molar-refractivity contribution in [2.45, 2.75) is 56.2 Å². The molecule has 0 bridgehead atoms. The number of esters is 1. The second-order valence-electron chi connectivity index (χ2n) is 9.28. The van der Waals surface area contributed by atoms with Gasteiger partial charge in [-0.25, -0.2) is 4.79 Å². The molecule has 0 saturated carbocycles. The first-order valence-electron chi connectivity index (χ1n) is 12.8. The number of ether oxygens (including phenoxy) is 1. The van der Waals surface area contributed by atoms with Crippen molar-refractivity contribution in [1.82, 2.24) is 10.2 Å². The summed E-state index contributed by atoms with van der Waals surface area (Å²) < 4.78 is 18.0. The quantitative estimate of drug-likeness (QED) is 0.0842. The highest BCUT2D eigenvalue weighted by Crippen LogP contribution is 2.29. The van der Waals surface area contributed by atoms with Crippen LogP contribution in [0.25, 0.3) is 0 Å². The van der Waals surface area contributed by atoms with Crippen LogP contribution in [0.15, 0.2) is 61.2 Å². The number of hydrogen-bond donors (Lipinski definition) is 1. The highest BCUT2D eigenvalue weighted by molar-refractivity contribution is 7.91. The van der Waals surface area contributed by atoms with E-state index in [4.69, 9.17) is 16.3 Å². The monoisotopic (exact) mass is 572 g/mol. The third-order valence-electron chi connectivity index (χ3n) is 6.42. The highest BCUT2D eigenvalue weighted by atomic mass is 35.5. The first-order valence-corrected chi connectivity index (χ1v) is 14.6. The second-order valence-corrected chi connectivity index (χ2v) is 11.3. The van der Waals surface area contributed by atoms with Gasteiger partial charge in [-0.15, -0.1) is 0 Å². The van der Waals surface area contributed by atoms with E-state index in [2.05, 4.69) is 11.9 Å². The van der Waals surface area contributed by atoms with Crippen molar-refractivity contribution in [2.75, 3.05) is 13.2 Å². The minimum absolute atomic E-state index is 0.0571. The maximum absolute atomic E-state index is 13.0. The van der Waals surface area contributed by atoms with Crippen LogP contribution in [0.2, 0.25) is 5.02 Å². The van der Waals surface area contributed by atoms with Crippen LogP contribution in [-0.2, 0) is 31.3 Å². The summed E-state index contributed by atoms with van der Waals surface area (Å²) in [5, 5.41) is 2.88. The van der Waals surface area contributed by atoms with Crippen molar-refractivity contribution >= 4 is 46.3 Å². The number of β-lactam (4-membered cyclic amide) rings is 1. The summed E-state index contributed by atoms with van der Waals surface area (Å²) in [4.78, 5) is 50.4. The van der Waals surface area contributed by atoms with Gasteiger partial charge in [-0.2, -0.15) is 0 Å². The molecule has 3 rings (SSSR count). The van der Waals surface area contributed by atoms with Gasteiger partial charge in [-0.1, -0.05) is 42.8 Å². The molecule has 1 N–H and O–H groups in total. The Balaban J connectivity index is 1.39. The fourth-order valence-corrected chi connectivity index (χ4v) is 5.88. The SMILES string of the molecule is C=CCOC(=O)c1ccc(C[S+]([O-])C2CC(=O)N2C(C)C(=O)NCCCCCC(=O)c2ccc(Cl)cc2)cc1. The molecule has 1 aliphatic heterocycles. The van der Waals surface area contributed by atoms with E-state index >= 15 is 0 Å². The minimum Gasteiger partial charge on any atom is -0.614 e. The fraction of sp³-hybridized carbons (Fsp3) is 0.379. The molecule has 0 aromatic heterocycles. The van der Waals surface area contributed by atoms with Gasteiger partial charge in [0.2, 0.25) is 11.8 Å². The molecule has 10 heteroatoms. The molecule has 1 saturated heterocycles. The lowest BCUT2D eigenvalue weighted by Gasteiger charge is -2.43. The Labute approximate surface area is 236 Å². The Kier molecular flexibility index (Phi) is 11.6. The maximum atomic E-state index is 13.0. The topological polar surface area (TPSA) is 116 Å². The van der Waals surface area contributed by atoms with Gasteiger partial charge in [0, 0.05) is 29.1 Å². The Morgan fingerprint density at radius 3 is 2.44 bits per heavy atom. The Bertz CT molecular complexity index is 1170. The molecule has 1 heterocycles. The molecule has 0 aliphatic carbocycles. The van der Waals surface area contributed by atoms with Crippen molar-refractivity contribution in [3.63, 3.8) is 0 Å². The van der Waals surface area contributed by atoms with E-state index in [1.807, 2.05) is 0 Å². The van der Waals surface area contributed by atoms with E-state index in [1.165, 1.54) is 11.0 Å². The normalized spacial score (nSPS) is 16.1. The highest BCUT2D eigenvalue weighted by Gasteiger charge is 2.48. The van der Waals surface area contributed by atoms with Crippen molar-refractivity contribution in [2.24, 2.45) is 0 Å². The zero-order chi connectivity index (χ0) is 28.4. The van der Waals surface area contributed by atoms with E-state index in [-0.39, 0.29) is 36.4 Å². The Hall–Kier alpha value is -3.14. The lowest BCUT2D eigenvalue weighted by atomic mass is 10.0. The van der Waals surface area contributed by atoms with Crippen molar-refractivity contribution in [1.29, 1.82) is 0 Å². The molecule has 2 amide bonds. The van der Waals surface area contributed by atoms with Crippen LogP contribution in [0.4, 0.5) is 0 Å². The van der Waals surface area contributed by atoms with Crippen LogP contribution >= 0.6 is 11.6 Å². The zero-order valence-electron chi connectivity index (χ0n) is 21.9. The van der Waals surface area contributed by atoms with Crippen LogP contribution in [0.3, 0.4) is 0 Å². The van der Waals surface area contributed by atoms with Gasteiger partial charge in [-0.05, 0) is 67.3 Å². The average molecular weight is 573 g/mol. The number of ketones is 1. The predicted octanol–water partition coefficient (Wildman–Crippen LogP) is 4.44. The number of hydrogen-bond acceptors (Lipinski definition) is 6. The number of carbonyl (C=O) groups is 4. The minimum atomic E-state index is -1.41.